The highest BCUT2D eigenvalue weighted by Crippen LogP contribution is 2.35. The summed E-state index contributed by atoms with van der Waals surface area (Å²) in [6, 6.07) is 13.9. The molecule has 1 aliphatic heterocycles. The zero-order chi connectivity index (χ0) is 20.1. The van der Waals surface area contributed by atoms with E-state index in [9.17, 15) is 4.79 Å². The van der Waals surface area contributed by atoms with E-state index in [0.29, 0.717) is 33.9 Å². The van der Waals surface area contributed by atoms with Crippen LogP contribution in [0.1, 0.15) is 30.0 Å². The Morgan fingerprint density at radius 1 is 1.14 bits per heavy atom. The van der Waals surface area contributed by atoms with Crippen molar-refractivity contribution in [1.82, 2.24) is 4.90 Å². The van der Waals surface area contributed by atoms with Crippen LogP contribution in [-0.2, 0) is 11.4 Å². The molecule has 0 atom stereocenters. The van der Waals surface area contributed by atoms with Crippen LogP contribution in [0.25, 0.3) is 6.08 Å². The molecule has 0 spiro atoms. The number of carbonyl (C=O) groups is 1. The molecule has 3 rings (SSSR count). The Kier molecular flexibility index (Phi) is 6.75. The Bertz CT molecular complexity index is 906. The summed E-state index contributed by atoms with van der Waals surface area (Å²) in [6.07, 6.45) is 2.72. The predicted molar refractivity (Wildman–Crippen MR) is 119 cm³/mol. The van der Waals surface area contributed by atoms with Crippen molar-refractivity contribution in [3.05, 3.63) is 64.1 Å². The van der Waals surface area contributed by atoms with Gasteiger partial charge in [-0.2, -0.15) is 0 Å². The number of thioether (sulfide) groups is 1. The molecule has 0 unspecified atom stereocenters. The van der Waals surface area contributed by atoms with E-state index in [4.69, 9.17) is 21.7 Å². The first kappa shape index (κ1) is 20.4. The Morgan fingerprint density at radius 3 is 2.57 bits per heavy atom. The molecule has 0 aromatic heterocycles. The maximum Gasteiger partial charge on any atom is 0.266 e. The van der Waals surface area contributed by atoms with Crippen molar-refractivity contribution in [3.63, 3.8) is 0 Å². The topological polar surface area (TPSA) is 38.8 Å². The number of ether oxygens (including phenoxy) is 2. The third kappa shape index (κ3) is 4.75. The van der Waals surface area contributed by atoms with Crippen molar-refractivity contribution < 1.29 is 14.3 Å². The molecule has 1 amide bonds. The molecule has 28 heavy (non-hydrogen) atoms. The van der Waals surface area contributed by atoms with E-state index < -0.39 is 0 Å². The number of hydrogen-bond acceptors (Lipinski definition) is 5. The van der Waals surface area contributed by atoms with Gasteiger partial charge in [-0.3, -0.25) is 9.69 Å². The van der Waals surface area contributed by atoms with Crippen molar-refractivity contribution in [2.45, 2.75) is 26.9 Å². The van der Waals surface area contributed by atoms with Gasteiger partial charge in [0.05, 0.1) is 12.0 Å². The molecule has 0 saturated carbocycles. The zero-order valence-electron chi connectivity index (χ0n) is 16.2. The van der Waals surface area contributed by atoms with Crippen molar-refractivity contribution in [3.8, 4) is 11.5 Å². The van der Waals surface area contributed by atoms with Crippen molar-refractivity contribution in [1.29, 1.82) is 0 Å². The summed E-state index contributed by atoms with van der Waals surface area (Å²) < 4.78 is 12.0. The fourth-order valence-electron chi connectivity index (χ4n) is 2.81. The second-order valence-electron chi connectivity index (χ2n) is 6.52. The van der Waals surface area contributed by atoms with Crippen molar-refractivity contribution >= 4 is 40.3 Å². The van der Waals surface area contributed by atoms with Gasteiger partial charge in [0.2, 0.25) is 0 Å². The van der Waals surface area contributed by atoms with Gasteiger partial charge >= 0.3 is 0 Å². The molecule has 1 saturated heterocycles. The molecule has 2 aromatic carbocycles. The second kappa shape index (κ2) is 9.26. The Hall–Kier alpha value is -2.31. The van der Waals surface area contributed by atoms with Crippen molar-refractivity contribution in [2.24, 2.45) is 0 Å². The van der Waals surface area contributed by atoms with Crippen LogP contribution in [0.15, 0.2) is 47.4 Å². The molecule has 0 bridgehead atoms. The molecule has 146 valence electrons. The third-order valence-corrected chi connectivity index (χ3v) is 5.70. The largest absolute Gasteiger partial charge is 0.493 e. The number of aryl methyl sites for hydroxylation is 1. The summed E-state index contributed by atoms with van der Waals surface area (Å²) in [5.41, 5.74) is 3.18. The molecular weight excluding hydrogens is 390 g/mol. The first-order chi connectivity index (χ1) is 13.5. The standard InChI is InChI=1S/C22H23NO3S2/c1-4-11-23-21(24)20(28-22(23)27)13-17-9-10-18(19(12-17)25-3)26-14-16-7-5-15(2)6-8-16/h5-10,12-13H,4,11,14H2,1-3H3/b20-13-. The number of hydrogen-bond donors (Lipinski definition) is 0. The van der Waals surface area contributed by atoms with Gasteiger partial charge < -0.3 is 9.47 Å². The second-order valence-corrected chi connectivity index (χ2v) is 8.19. The Labute approximate surface area is 175 Å². The van der Waals surface area contributed by atoms with E-state index in [1.165, 1.54) is 17.3 Å². The summed E-state index contributed by atoms with van der Waals surface area (Å²) in [4.78, 5) is 14.8. The zero-order valence-corrected chi connectivity index (χ0v) is 17.9. The van der Waals surface area contributed by atoms with Gasteiger partial charge in [0, 0.05) is 6.54 Å². The average Bonchev–Trinajstić information content (AvgIpc) is 2.96. The van der Waals surface area contributed by atoms with Crippen LogP contribution >= 0.6 is 24.0 Å². The number of benzene rings is 2. The van der Waals surface area contributed by atoms with E-state index in [1.807, 2.05) is 31.2 Å². The first-order valence-electron chi connectivity index (χ1n) is 9.13. The summed E-state index contributed by atoms with van der Waals surface area (Å²) in [5.74, 6) is 1.26. The maximum absolute atomic E-state index is 12.5. The molecule has 2 aromatic rings. The maximum atomic E-state index is 12.5. The van der Waals surface area contributed by atoms with Gasteiger partial charge in [-0.05, 0) is 42.7 Å². The van der Waals surface area contributed by atoms with E-state index in [2.05, 4.69) is 31.2 Å². The number of methoxy groups -OCH3 is 1. The van der Waals surface area contributed by atoms with E-state index in [-0.39, 0.29) is 5.91 Å². The highest BCUT2D eigenvalue weighted by molar-refractivity contribution is 8.26. The Balaban J connectivity index is 1.75. The van der Waals surface area contributed by atoms with E-state index in [0.717, 1.165) is 17.5 Å². The molecular formula is C22H23NO3S2. The van der Waals surface area contributed by atoms with Gasteiger partial charge in [0.1, 0.15) is 10.9 Å². The van der Waals surface area contributed by atoms with Crippen molar-refractivity contribution in [2.75, 3.05) is 13.7 Å². The highest BCUT2D eigenvalue weighted by Gasteiger charge is 2.31. The lowest BCUT2D eigenvalue weighted by molar-refractivity contribution is -0.122. The average molecular weight is 414 g/mol. The molecule has 4 nitrogen and oxygen atoms in total. The molecule has 6 heteroatoms. The molecule has 0 N–H and O–H groups in total. The minimum Gasteiger partial charge on any atom is -0.493 e. The lowest BCUT2D eigenvalue weighted by atomic mass is 10.1. The summed E-state index contributed by atoms with van der Waals surface area (Å²) in [5, 5.41) is 0. The molecule has 1 aliphatic rings. The van der Waals surface area contributed by atoms with Gasteiger partial charge in [0.15, 0.2) is 11.5 Å². The van der Waals surface area contributed by atoms with Crippen LogP contribution in [0.3, 0.4) is 0 Å². The normalized spacial score (nSPS) is 15.4. The lowest BCUT2D eigenvalue weighted by Crippen LogP contribution is -2.28. The highest BCUT2D eigenvalue weighted by atomic mass is 32.2. The van der Waals surface area contributed by atoms with Gasteiger partial charge in [-0.25, -0.2) is 0 Å². The van der Waals surface area contributed by atoms with Gasteiger partial charge in [0.25, 0.3) is 5.91 Å². The predicted octanol–water partition coefficient (Wildman–Crippen LogP) is 5.19. The van der Waals surface area contributed by atoms with E-state index in [1.54, 1.807) is 12.0 Å². The summed E-state index contributed by atoms with van der Waals surface area (Å²) >= 11 is 6.66. The van der Waals surface area contributed by atoms with Gasteiger partial charge in [-0.15, -0.1) is 0 Å². The minimum absolute atomic E-state index is 0.0319. The minimum atomic E-state index is -0.0319. The number of amides is 1. The number of rotatable bonds is 7. The molecule has 0 radical (unpaired) electrons. The molecule has 1 fully saturated rings. The summed E-state index contributed by atoms with van der Waals surface area (Å²) in [7, 11) is 1.61. The lowest BCUT2D eigenvalue weighted by Gasteiger charge is -2.12. The fourth-order valence-corrected chi connectivity index (χ4v) is 4.11. The van der Waals surface area contributed by atoms with Gasteiger partial charge in [-0.1, -0.05) is 66.8 Å². The molecule has 0 aliphatic carbocycles. The first-order valence-corrected chi connectivity index (χ1v) is 10.4. The third-order valence-electron chi connectivity index (χ3n) is 4.32. The Morgan fingerprint density at radius 2 is 1.89 bits per heavy atom. The fraction of sp³-hybridized carbons (Fsp3) is 0.273. The number of thiocarbonyl (C=S) groups is 1. The summed E-state index contributed by atoms with van der Waals surface area (Å²) in [6.45, 7) is 5.20. The van der Waals surface area contributed by atoms with Crippen LogP contribution in [0, 0.1) is 6.92 Å². The number of nitrogens with zero attached hydrogens (tertiary/aromatic N) is 1. The van der Waals surface area contributed by atoms with Crippen LogP contribution in [0.4, 0.5) is 0 Å². The van der Waals surface area contributed by atoms with Crippen LogP contribution in [0.2, 0.25) is 0 Å². The number of carbonyl (C=O) groups excluding carboxylic acids is 1. The quantitative estimate of drug-likeness (QED) is 0.461. The smallest absolute Gasteiger partial charge is 0.266 e. The SMILES string of the molecule is CCCN1C(=O)/C(=C/c2ccc(OCc3ccc(C)cc3)c(OC)c2)SC1=S. The van der Waals surface area contributed by atoms with Crippen LogP contribution in [-0.4, -0.2) is 28.8 Å². The van der Waals surface area contributed by atoms with Crippen LogP contribution in [0.5, 0.6) is 11.5 Å². The van der Waals surface area contributed by atoms with E-state index >= 15 is 0 Å². The molecule has 1 heterocycles. The monoisotopic (exact) mass is 413 g/mol. The van der Waals surface area contributed by atoms with Crippen LogP contribution < -0.4 is 9.47 Å².